The summed E-state index contributed by atoms with van der Waals surface area (Å²) in [4.78, 5) is 8.86. The Balaban J connectivity index is 1.84. The second kappa shape index (κ2) is 8.95. The summed E-state index contributed by atoms with van der Waals surface area (Å²) >= 11 is 0. The Kier molecular flexibility index (Phi) is 6.17. The lowest BCUT2D eigenvalue weighted by atomic mass is 9.94. The van der Waals surface area contributed by atoms with E-state index in [1.807, 2.05) is 25.1 Å². The van der Waals surface area contributed by atoms with Crippen LogP contribution in [0.15, 0.2) is 66.2 Å². The van der Waals surface area contributed by atoms with Crippen molar-refractivity contribution in [3.8, 4) is 6.07 Å². The third-order valence-electron chi connectivity index (χ3n) is 4.66. The van der Waals surface area contributed by atoms with E-state index in [0.29, 0.717) is 6.42 Å². The van der Waals surface area contributed by atoms with Gasteiger partial charge < -0.3 is 4.74 Å². The number of hydrogen-bond donors (Lipinski definition) is 0. The molecule has 0 amide bonds. The predicted octanol–water partition coefficient (Wildman–Crippen LogP) is 4.79. The molecule has 0 bridgehead atoms. The highest BCUT2D eigenvalue weighted by Crippen LogP contribution is 2.23. The van der Waals surface area contributed by atoms with Gasteiger partial charge in [-0.3, -0.25) is 0 Å². The van der Waals surface area contributed by atoms with E-state index in [2.05, 4.69) is 40.3 Å². The van der Waals surface area contributed by atoms with Gasteiger partial charge in [0.15, 0.2) is 0 Å². The van der Waals surface area contributed by atoms with Gasteiger partial charge in [-0.2, -0.15) is 5.26 Å². The maximum Gasteiger partial charge on any atom is 0.115 e. The van der Waals surface area contributed by atoms with Gasteiger partial charge in [0.1, 0.15) is 6.33 Å². The fourth-order valence-corrected chi connectivity index (χ4v) is 3.33. The highest BCUT2D eigenvalue weighted by atomic mass is 16.5. The van der Waals surface area contributed by atoms with Crippen molar-refractivity contribution in [2.75, 3.05) is 7.11 Å². The minimum Gasteiger partial charge on any atom is -0.504 e. The molecule has 1 aliphatic rings. The zero-order chi connectivity index (χ0) is 19.1. The van der Waals surface area contributed by atoms with Crippen LogP contribution in [-0.2, 0) is 17.6 Å². The van der Waals surface area contributed by atoms with Crippen LogP contribution in [0.4, 0.5) is 0 Å². The molecule has 4 nitrogen and oxygen atoms in total. The topological polar surface area (TPSA) is 58.8 Å². The van der Waals surface area contributed by atoms with Crippen LogP contribution in [0, 0.1) is 11.3 Å². The molecular weight excluding hydrogens is 334 g/mol. The van der Waals surface area contributed by atoms with Crippen LogP contribution < -0.4 is 0 Å². The quantitative estimate of drug-likeness (QED) is 0.698. The molecule has 1 aliphatic carbocycles. The summed E-state index contributed by atoms with van der Waals surface area (Å²) < 4.78 is 5.16. The van der Waals surface area contributed by atoms with Crippen LogP contribution in [0.2, 0.25) is 0 Å². The molecule has 0 spiro atoms. The van der Waals surface area contributed by atoms with E-state index in [4.69, 9.17) is 4.74 Å². The Morgan fingerprint density at radius 1 is 1.22 bits per heavy atom. The number of nitrogens with zero attached hydrogens (tertiary/aromatic N) is 3. The third kappa shape index (κ3) is 4.71. The fourth-order valence-electron chi connectivity index (χ4n) is 3.33. The molecule has 0 aliphatic heterocycles. The Bertz CT molecular complexity index is 948. The molecule has 0 radical (unpaired) electrons. The Labute approximate surface area is 160 Å². The molecule has 1 aromatic carbocycles. The zero-order valence-corrected chi connectivity index (χ0v) is 15.8. The molecule has 0 saturated carbocycles. The summed E-state index contributed by atoms with van der Waals surface area (Å²) in [7, 11) is 1.66. The summed E-state index contributed by atoms with van der Waals surface area (Å²) in [5.74, 6) is 0. The first-order valence-corrected chi connectivity index (χ1v) is 9.07. The van der Waals surface area contributed by atoms with E-state index in [-0.39, 0.29) is 0 Å². The largest absolute Gasteiger partial charge is 0.504 e. The Hall–Kier alpha value is -3.19. The second-order valence-corrected chi connectivity index (χ2v) is 6.60. The van der Waals surface area contributed by atoms with Gasteiger partial charge in [-0.05, 0) is 48.1 Å². The van der Waals surface area contributed by atoms with Crippen LogP contribution >= 0.6 is 0 Å². The SMILES string of the molecule is CO/C=C(/C)c1ccccc1Cc1cc(CC2=C(C#N)CCC=C2)ncn1. The summed E-state index contributed by atoms with van der Waals surface area (Å²) in [5, 5.41) is 9.33. The van der Waals surface area contributed by atoms with Crippen LogP contribution in [0.5, 0.6) is 0 Å². The van der Waals surface area contributed by atoms with Crippen LogP contribution in [0.1, 0.15) is 42.3 Å². The van der Waals surface area contributed by atoms with Crippen molar-refractivity contribution in [1.29, 1.82) is 5.26 Å². The molecule has 0 unspecified atom stereocenters. The van der Waals surface area contributed by atoms with Gasteiger partial charge in [-0.1, -0.05) is 36.4 Å². The minimum atomic E-state index is 0.666. The first-order valence-electron chi connectivity index (χ1n) is 9.07. The van der Waals surface area contributed by atoms with E-state index < -0.39 is 0 Å². The number of hydrogen-bond acceptors (Lipinski definition) is 4. The number of methoxy groups -OCH3 is 1. The molecule has 0 saturated heterocycles. The highest BCUT2D eigenvalue weighted by molar-refractivity contribution is 5.66. The monoisotopic (exact) mass is 357 g/mol. The summed E-state index contributed by atoms with van der Waals surface area (Å²) in [5.41, 5.74) is 7.27. The zero-order valence-electron chi connectivity index (χ0n) is 15.8. The maximum atomic E-state index is 9.33. The van der Waals surface area contributed by atoms with Crippen molar-refractivity contribution < 1.29 is 4.74 Å². The van der Waals surface area contributed by atoms with Gasteiger partial charge in [0.05, 0.1) is 19.4 Å². The first kappa shape index (κ1) is 18.6. The molecule has 0 atom stereocenters. The van der Waals surface area contributed by atoms with Gasteiger partial charge >= 0.3 is 0 Å². The van der Waals surface area contributed by atoms with Gasteiger partial charge in [0, 0.05) is 29.8 Å². The van der Waals surface area contributed by atoms with E-state index >= 15 is 0 Å². The van der Waals surface area contributed by atoms with Gasteiger partial charge in [0.2, 0.25) is 0 Å². The number of allylic oxidation sites excluding steroid dienone is 5. The molecule has 4 heteroatoms. The second-order valence-electron chi connectivity index (χ2n) is 6.60. The maximum absolute atomic E-state index is 9.33. The molecular formula is C23H23N3O. The number of ether oxygens (including phenoxy) is 1. The first-order chi connectivity index (χ1) is 13.2. The molecule has 3 rings (SSSR count). The van der Waals surface area contributed by atoms with Gasteiger partial charge in [-0.25, -0.2) is 9.97 Å². The van der Waals surface area contributed by atoms with Crippen LogP contribution in [-0.4, -0.2) is 17.1 Å². The van der Waals surface area contributed by atoms with E-state index in [0.717, 1.165) is 52.9 Å². The van der Waals surface area contributed by atoms with Crippen molar-refractivity contribution in [2.45, 2.75) is 32.6 Å². The Morgan fingerprint density at radius 3 is 2.78 bits per heavy atom. The predicted molar refractivity (Wildman–Crippen MR) is 107 cm³/mol. The molecule has 0 N–H and O–H groups in total. The number of nitriles is 1. The van der Waals surface area contributed by atoms with Crippen molar-refractivity contribution >= 4 is 5.57 Å². The lowest BCUT2D eigenvalue weighted by Crippen LogP contribution is -2.02. The minimum absolute atomic E-state index is 0.666. The third-order valence-corrected chi connectivity index (χ3v) is 4.66. The lowest BCUT2D eigenvalue weighted by molar-refractivity contribution is 0.339. The highest BCUT2D eigenvalue weighted by Gasteiger charge is 2.11. The summed E-state index contributed by atoms with van der Waals surface area (Å²) in [6.45, 7) is 2.04. The molecule has 2 aromatic rings. The van der Waals surface area contributed by atoms with Crippen LogP contribution in [0.3, 0.4) is 0 Å². The normalized spacial score (nSPS) is 14.2. The van der Waals surface area contributed by atoms with Crippen molar-refractivity contribution in [2.24, 2.45) is 0 Å². The summed E-state index contributed by atoms with van der Waals surface area (Å²) in [6.07, 6.45) is 10.7. The standard InChI is InChI=1S/C23H23N3O/c1-17(15-27-2)23-10-6-5-8-19(23)12-22-13-21(25-16-26-22)11-18-7-3-4-9-20(18)14-24/h3,5-8,10,13,15-16H,4,9,11-12H2,1-2H3/b17-15-. The fraction of sp³-hybridized carbons (Fsp3) is 0.261. The van der Waals surface area contributed by atoms with Crippen molar-refractivity contribution in [3.63, 3.8) is 0 Å². The molecule has 0 fully saturated rings. The van der Waals surface area contributed by atoms with E-state index in [1.54, 1.807) is 19.7 Å². The molecule has 1 heterocycles. The van der Waals surface area contributed by atoms with Crippen LogP contribution in [0.25, 0.3) is 5.57 Å². The van der Waals surface area contributed by atoms with Gasteiger partial charge in [-0.15, -0.1) is 0 Å². The smallest absolute Gasteiger partial charge is 0.115 e. The molecule has 27 heavy (non-hydrogen) atoms. The van der Waals surface area contributed by atoms with Crippen molar-refractivity contribution in [3.05, 3.63) is 88.7 Å². The lowest BCUT2D eigenvalue weighted by Gasteiger charge is -2.12. The number of benzene rings is 1. The van der Waals surface area contributed by atoms with Gasteiger partial charge in [0.25, 0.3) is 0 Å². The summed E-state index contributed by atoms with van der Waals surface area (Å²) in [6, 6.07) is 12.6. The molecule has 1 aromatic heterocycles. The number of aromatic nitrogens is 2. The average Bonchev–Trinajstić information content (AvgIpc) is 2.69. The number of rotatable bonds is 6. The average molecular weight is 357 g/mol. The Morgan fingerprint density at radius 2 is 2.00 bits per heavy atom. The van der Waals surface area contributed by atoms with E-state index in [9.17, 15) is 5.26 Å². The van der Waals surface area contributed by atoms with E-state index in [1.165, 1.54) is 5.56 Å². The molecule has 136 valence electrons. The van der Waals surface area contributed by atoms with Crippen molar-refractivity contribution in [1.82, 2.24) is 9.97 Å².